The third kappa shape index (κ3) is 1.66. The molecule has 2 rings (SSSR count). The summed E-state index contributed by atoms with van der Waals surface area (Å²) in [6.45, 7) is 1.76. The highest BCUT2D eigenvalue weighted by molar-refractivity contribution is 5.82. The standard InChI is InChI=1S/C12H16N2O2/c1-7(13)12(16)11-6-8-5-9(15)3-4-10(8)14(11)2/h3-7,12,15-16H,13H2,1-2H3. The van der Waals surface area contributed by atoms with Crippen LogP contribution in [0.4, 0.5) is 0 Å². The van der Waals surface area contributed by atoms with Crippen LogP contribution in [-0.4, -0.2) is 20.8 Å². The van der Waals surface area contributed by atoms with Gasteiger partial charge in [0.25, 0.3) is 0 Å². The molecule has 4 N–H and O–H groups in total. The smallest absolute Gasteiger partial charge is 0.116 e. The van der Waals surface area contributed by atoms with Crippen LogP contribution in [0.2, 0.25) is 0 Å². The number of aryl methyl sites for hydroxylation is 1. The highest BCUT2D eigenvalue weighted by Gasteiger charge is 2.17. The molecule has 0 fully saturated rings. The predicted octanol–water partition coefficient (Wildman–Crippen LogP) is 1.26. The number of fused-ring (bicyclic) bond motifs is 1. The Bertz CT molecular complexity index is 517. The zero-order chi connectivity index (χ0) is 11.9. The van der Waals surface area contributed by atoms with Gasteiger partial charge in [0.1, 0.15) is 11.9 Å². The number of nitrogens with two attached hydrogens (primary N) is 1. The van der Waals surface area contributed by atoms with Crippen molar-refractivity contribution >= 4 is 10.9 Å². The van der Waals surface area contributed by atoms with E-state index >= 15 is 0 Å². The lowest BCUT2D eigenvalue weighted by Crippen LogP contribution is -2.25. The van der Waals surface area contributed by atoms with Gasteiger partial charge < -0.3 is 20.5 Å². The molecule has 4 nitrogen and oxygen atoms in total. The number of phenolic OH excluding ortho intramolecular Hbond substituents is 1. The Morgan fingerprint density at radius 1 is 1.31 bits per heavy atom. The van der Waals surface area contributed by atoms with Crippen LogP contribution in [0.3, 0.4) is 0 Å². The van der Waals surface area contributed by atoms with E-state index in [0.717, 1.165) is 16.6 Å². The quantitative estimate of drug-likeness (QED) is 0.713. The van der Waals surface area contributed by atoms with Crippen molar-refractivity contribution in [3.05, 3.63) is 30.0 Å². The minimum atomic E-state index is -0.695. The van der Waals surface area contributed by atoms with Gasteiger partial charge in [0.05, 0.1) is 0 Å². The Morgan fingerprint density at radius 2 is 2.00 bits per heavy atom. The second-order valence-corrected chi connectivity index (χ2v) is 4.18. The Hall–Kier alpha value is -1.52. The van der Waals surface area contributed by atoms with Gasteiger partial charge in [-0.1, -0.05) is 0 Å². The lowest BCUT2D eigenvalue weighted by Gasteiger charge is -2.15. The summed E-state index contributed by atoms with van der Waals surface area (Å²) in [7, 11) is 1.88. The second kappa shape index (κ2) is 3.81. The largest absolute Gasteiger partial charge is 0.508 e. The van der Waals surface area contributed by atoms with Gasteiger partial charge in [-0.3, -0.25) is 0 Å². The molecular formula is C12H16N2O2. The second-order valence-electron chi connectivity index (χ2n) is 4.18. The van der Waals surface area contributed by atoms with E-state index in [9.17, 15) is 10.2 Å². The first-order valence-corrected chi connectivity index (χ1v) is 5.22. The Balaban J connectivity index is 2.60. The molecule has 16 heavy (non-hydrogen) atoms. The number of aliphatic hydroxyl groups excluding tert-OH is 1. The molecule has 0 radical (unpaired) electrons. The molecule has 0 bridgehead atoms. The van der Waals surface area contributed by atoms with Crippen LogP contribution < -0.4 is 5.73 Å². The van der Waals surface area contributed by atoms with Gasteiger partial charge in [-0.25, -0.2) is 0 Å². The molecule has 1 aromatic carbocycles. The van der Waals surface area contributed by atoms with Gasteiger partial charge in [-0.15, -0.1) is 0 Å². The molecule has 2 atom stereocenters. The molecule has 0 aliphatic rings. The summed E-state index contributed by atoms with van der Waals surface area (Å²) >= 11 is 0. The van der Waals surface area contributed by atoms with Crippen molar-refractivity contribution in [2.45, 2.75) is 19.1 Å². The summed E-state index contributed by atoms with van der Waals surface area (Å²) in [5, 5.41) is 20.2. The molecule has 0 saturated heterocycles. The fourth-order valence-corrected chi connectivity index (χ4v) is 1.91. The first-order valence-electron chi connectivity index (χ1n) is 5.22. The van der Waals surface area contributed by atoms with Crippen LogP contribution in [0.15, 0.2) is 24.3 Å². The molecule has 2 aromatic rings. The number of hydrogen-bond donors (Lipinski definition) is 3. The number of rotatable bonds is 2. The lowest BCUT2D eigenvalue weighted by atomic mass is 10.1. The van der Waals surface area contributed by atoms with Gasteiger partial charge >= 0.3 is 0 Å². The number of phenols is 1. The van der Waals surface area contributed by atoms with Gasteiger partial charge in [0.2, 0.25) is 0 Å². The van der Waals surface area contributed by atoms with Gasteiger partial charge in [0.15, 0.2) is 0 Å². The van der Waals surface area contributed by atoms with Crippen LogP contribution in [0.1, 0.15) is 18.7 Å². The monoisotopic (exact) mass is 220 g/mol. The molecule has 1 heterocycles. The maximum Gasteiger partial charge on any atom is 0.116 e. The lowest BCUT2D eigenvalue weighted by molar-refractivity contribution is 0.146. The van der Waals surface area contributed by atoms with E-state index in [1.165, 1.54) is 0 Å². The molecule has 0 aliphatic carbocycles. The van der Waals surface area contributed by atoms with Crippen molar-refractivity contribution in [1.29, 1.82) is 0 Å². The van der Waals surface area contributed by atoms with E-state index in [4.69, 9.17) is 5.73 Å². The Morgan fingerprint density at radius 3 is 2.62 bits per heavy atom. The van der Waals surface area contributed by atoms with E-state index < -0.39 is 6.10 Å². The average molecular weight is 220 g/mol. The van der Waals surface area contributed by atoms with Crippen LogP contribution in [0, 0.1) is 0 Å². The fraction of sp³-hybridized carbons (Fsp3) is 0.333. The number of hydrogen-bond acceptors (Lipinski definition) is 3. The first-order chi connectivity index (χ1) is 7.50. The van der Waals surface area contributed by atoms with E-state index in [-0.39, 0.29) is 11.8 Å². The normalized spacial score (nSPS) is 15.2. The molecule has 86 valence electrons. The number of aliphatic hydroxyl groups is 1. The van der Waals surface area contributed by atoms with Crippen molar-refractivity contribution in [3.8, 4) is 5.75 Å². The van der Waals surface area contributed by atoms with Crippen molar-refractivity contribution in [2.24, 2.45) is 12.8 Å². The summed E-state index contributed by atoms with van der Waals surface area (Å²) in [5.41, 5.74) is 7.40. The van der Waals surface area contributed by atoms with Crippen molar-refractivity contribution in [2.75, 3.05) is 0 Å². The van der Waals surface area contributed by atoms with E-state index in [0.29, 0.717) is 0 Å². The molecule has 0 spiro atoms. The predicted molar refractivity (Wildman–Crippen MR) is 63.2 cm³/mol. The fourth-order valence-electron chi connectivity index (χ4n) is 1.91. The number of benzene rings is 1. The van der Waals surface area contributed by atoms with Gasteiger partial charge in [0, 0.05) is 29.7 Å². The Kier molecular flexibility index (Phi) is 2.61. The van der Waals surface area contributed by atoms with Crippen LogP contribution in [0.5, 0.6) is 5.75 Å². The van der Waals surface area contributed by atoms with Crippen LogP contribution in [-0.2, 0) is 7.05 Å². The van der Waals surface area contributed by atoms with Gasteiger partial charge in [-0.05, 0) is 31.2 Å². The van der Waals surface area contributed by atoms with Gasteiger partial charge in [-0.2, -0.15) is 0 Å². The highest BCUT2D eigenvalue weighted by atomic mass is 16.3. The zero-order valence-corrected chi connectivity index (χ0v) is 9.38. The minimum absolute atomic E-state index is 0.222. The minimum Gasteiger partial charge on any atom is -0.508 e. The maximum atomic E-state index is 9.94. The van der Waals surface area contributed by atoms with Crippen molar-refractivity contribution < 1.29 is 10.2 Å². The molecule has 0 saturated carbocycles. The maximum absolute atomic E-state index is 9.94. The van der Waals surface area contributed by atoms with Crippen LogP contribution in [0.25, 0.3) is 10.9 Å². The van der Waals surface area contributed by atoms with Crippen molar-refractivity contribution in [1.82, 2.24) is 4.57 Å². The topological polar surface area (TPSA) is 71.4 Å². The summed E-state index contributed by atoms with van der Waals surface area (Å²) in [6.07, 6.45) is -0.695. The number of aromatic nitrogens is 1. The third-order valence-corrected chi connectivity index (χ3v) is 2.86. The third-order valence-electron chi connectivity index (χ3n) is 2.86. The summed E-state index contributed by atoms with van der Waals surface area (Å²) in [6, 6.07) is 6.65. The molecule has 2 unspecified atom stereocenters. The van der Waals surface area contributed by atoms with E-state index in [1.807, 2.05) is 23.7 Å². The Labute approximate surface area is 93.9 Å². The molecular weight excluding hydrogens is 204 g/mol. The molecule has 4 heteroatoms. The average Bonchev–Trinajstić information content (AvgIpc) is 2.54. The molecule has 1 aromatic heterocycles. The SMILES string of the molecule is CC(N)C(O)c1cc2cc(O)ccc2n1C. The summed E-state index contributed by atoms with van der Waals surface area (Å²) in [4.78, 5) is 0. The van der Waals surface area contributed by atoms with E-state index in [1.54, 1.807) is 19.1 Å². The number of aromatic hydroxyl groups is 1. The summed E-state index contributed by atoms with van der Waals surface area (Å²) in [5.74, 6) is 0.222. The molecule has 0 aliphatic heterocycles. The summed E-state index contributed by atoms with van der Waals surface area (Å²) < 4.78 is 1.89. The van der Waals surface area contributed by atoms with E-state index in [2.05, 4.69) is 0 Å². The highest BCUT2D eigenvalue weighted by Crippen LogP contribution is 2.27. The zero-order valence-electron chi connectivity index (χ0n) is 9.38. The molecule has 0 amide bonds. The van der Waals surface area contributed by atoms with Crippen molar-refractivity contribution in [3.63, 3.8) is 0 Å². The first kappa shape index (κ1) is 11.0. The van der Waals surface area contributed by atoms with Crippen LogP contribution >= 0.6 is 0 Å². The number of nitrogens with zero attached hydrogens (tertiary/aromatic N) is 1.